The second-order valence-corrected chi connectivity index (χ2v) is 6.11. The van der Waals surface area contributed by atoms with Crippen LogP contribution in [0.4, 0.5) is 5.69 Å². The lowest BCUT2D eigenvalue weighted by Crippen LogP contribution is -2.20. The first kappa shape index (κ1) is 17.8. The highest BCUT2D eigenvalue weighted by molar-refractivity contribution is 9.10. The first-order valence-electron chi connectivity index (χ1n) is 7.14. The van der Waals surface area contributed by atoms with E-state index in [1.165, 1.54) is 0 Å². The fourth-order valence-electron chi connectivity index (χ4n) is 2.11. The van der Waals surface area contributed by atoms with E-state index in [0.717, 1.165) is 21.3 Å². The summed E-state index contributed by atoms with van der Waals surface area (Å²) < 4.78 is 6.27. The van der Waals surface area contributed by atoms with Crippen molar-refractivity contribution in [2.24, 2.45) is 5.73 Å². The molecule has 0 atom stereocenters. The number of halogens is 1. The third-order valence-corrected chi connectivity index (χ3v) is 3.84. The van der Waals surface area contributed by atoms with Crippen LogP contribution in [0.25, 0.3) is 0 Å². The number of benzene rings is 2. The molecule has 0 saturated heterocycles. The summed E-state index contributed by atoms with van der Waals surface area (Å²) in [5, 5.41) is 12.3. The van der Waals surface area contributed by atoms with Crippen LogP contribution in [0.2, 0.25) is 0 Å². The van der Waals surface area contributed by atoms with Gasteiger partial charge in [0.1, 0.15) is 5.75 Å². The van der Waals surface area contributed by atoms with Gasteiger partial charge in [0, 0.05) is 22.3 Å². The molecule has 126 valence electrons. The number of amides is 1. The van der Waals surface area contributed by atoms with E-state index in [2.05, 4.69) is 21.2 Å². The van der Waals surface area contributed by atoms with E-state index < -0.39 is 11.9 Å². The lowest BCUT2D eigenvalue weighted by molar-refractivity contribution is -0.119. The van der Waals surface area contributed by atoms with Gasteiger partial charge < -0.3 is 20.9 Å². The molecule has 7 heteroatoms. The minimum atomic E-state index is -0.981. The highest BCUT2D eigenvalue weighted by Crippen LogP contribution is 2.25. The molecule has 0 bridgehead atoms. The average molecular weight is 393 g/mol. The van der Waals surface area contributed by atoms with Crippen LogP contribution in [0.15, 0.2) is 40.9 Å². The summed E-state index contributed by atoms with van der Waals surface area (Å²) in [6, 6.07) is 10.3. The number of anilines is 1. The number of carbonyl (C=O) groups excluding carboxylic acids is 1. The van der Waals surface area contributed by atoms with E-state index in [4.69, 9.17) is 15.6 Å². The van der Waals surface area contributed by atoms with Crippen LogP contribution < -0.4 is 15.8 Å². The number of primary amides is 1. The van der Waals surface area contributed by atoms with Crippen LogP contribution in [0, 0.1) is 6.92 Å². The van der Waals surface area contributed by atoms with Gasteiger partial charge >= 0.3 is 5.97 Å². The molecule has 2 rings (SSSR count). The molecule has 0 radical (unpaired) electrons. The van der Waals surface area contributed by atoms with Gasteiger partial charge in [-0.25, -0.2) is 4.79 Å². The molecular weight excluding hydrogens is 376 g/mol. The number of rotatable bonds is 7. The molecule has 0 aliphatic rings. The smallest absolute Gasteiger partial charge is 0.335 e. The Hall–Kier alpha value is -2.54. The van der Waals surface area contributed by atoms with Gasteiger partial charge in [-0.15, -0.1) is 0 Å². The second-order valence-electron chi connectivity index (χ2n) is 5.20. The number of carbonyl (C=O) groups is 2. The van der Waals surface area contributed by atoms with Gasteiger partial charge in [0.25, 0.3) is 5.91 Å². The van der Waals surface area contributed by atoms with Crippen molar-refractivity contribution < 1.29 is 19.4 Å². The minimum absolute atomic E-state index is 0.206. The number of ether oxygens (including phenoxy) is 1. The Kier molecular flexibility index (Phi) is 5.81. The zero-order valence-corrected chi connectivity index (χ0v) is 14.6. The van der Waals surface area contributed by atoms with E-state index >= 15 is 0 Å². The van der Waals surface area contributed by atoms with E-state index in [0.29, 0.717) is 12.3 Å². The number of nitrogens with two attached hydrogens (primary N) is 1. The first-order chi connectivity index (χ1) is 11.4. The van der Waals surface area contributed by atoms with Crippen LogP contribution in [0.1, 0.15) is 21.5 Å². The van der Waals surface area contributed by atoms with Gasteiger partial charge in [0.15, 0.2) is 6.61 Å². The molecule has 0 saturated carbocycles. The van der Waals surface area contributed by atoms with E-state index in [1.54, 1.807) is 30.3 Å². The molecule has 24 heavy (non-hydrogen) atoms. The van der Waals surface area contributed by atoms with E-state index in [-0.39, 0.29) is 12.2 Å². The molecule has 0 fully saturated rings. The maximum atomic E-state index is 11.1. The number of hydrogen-bond donors (Lipinski definition) is 3. The Labute approximate surface area is 147 Å². The lowest BCUT2D eigenvalue weighted by atomic mass is 10.1. The quantitative estimate of drug-likeness (QED) is 0.672. The fraction of sp³-hybridized carbons (Fsp3) is 0.176. The van der Waals surface area contributed by atoms with Crippen LogP contribution in [-0.4, -0.2) is 23.6 Å². The maximum Gasteiger partial charge on any atom is 0.335 e. The number of aromatic carboxylic acids is 1. The number of nitrogens with one attached hydrogen (secondary N) is 1. The summed E-state index contributed by atoms with van der Waals surface area (Å²) in [5.74, 6) is -0.996. The standard InChI is InChI=1S/C17H17BrN2O4/c1-10-2-3-11(17(22)23)7-14(10)20-8-12-6-13(18)4-5-15(12)24-9-16(19)21/h2-7,20H,8-9H2,1H3,(H2,19,21)(H,22,23). The molecule has 0 heterocycles. The molecule has 2 aromatic carbocycles. The summed E-state index contributed by atoms with van der Waals surface area (Å²) in [6.45, 7) is 2.08. The van der Waals surface area contributed by atoms with Crippen LogP contribution in [0.3, 0.4) is 0 Å². The average Bonchev–Trinajstić information content (AvgIpc) is 2.52. The molecule has 1 amide bonds. The predicted molar refractivity (Wildman–Crippen MR) is 94.3 cm³/mol. The van der Waals surface area contributed by atoms with Crippen molar-refractivity contribution in [3.63, 3.8) is 0 Å². The Morgan fingerprint density at radius 1 is 1.25 bits per heavy atom. The van der Waals surface area contributed by atoms with Gasteiger partial charge in [0.2, 0.25) is 0 Å². The highest BCUT2D eigenvalue weighted by Gasteiger charge is 2.09. The Bertz CT molecular complexity index is 777. The van der Waals surface area contributed by atoms with Crippen molar-refractivity contribution in [1.29, 1.82) is 0 Å². The zero-order valence-electron chi connectivity index (χ0n) is 13.0. The summed E-state index contributed by atoms with van der Waals surface area (Å²) in [6.07, 6.45) is 0. The third kappa shape index (κ3) is 4.73. The summed E-state index contributed by atoms with van der Waals surface area (Å²) >= 11 is 3.40. The van der Waals surface area contributed by atoms with E-state index in [1.807, 2.05) is 13.0 Å². The fourth-order valence-corrected chi connectivity index (χ4v) is 2.52. The van der Waals surface area contributed by atoms with Crippen molar-refractivity contribution in [2.75, 3.05) is 11.9 Å². The number of carboxylic acids is 1. The van der Waals surface area contributed by atoms with Crippen molar-refractivity contribution in [3.05, 3.63) is 57.6 Å². The SMILES string of the molecule is Cc1ccc(C(=O)O)cc1NCc1cc(Br)ccc1OCC(N)=O. The predicted octanol–water partition coefficient (Wildman–Crippen LogP) is 2.93. The van der Waals surface area contributed by atoms with Crippen molar-refractivity contribution in [3.8, 4) is 5.75 Å². The largest absolute Gasteiger partial charge is 0.483 e. The van der Waals surface area contributed by atoms with Gasteiger partial charge in [0.05, 0.1) is 5.56 Å². The Morgan fingerprint density at radius 3 is 2.67 bits per heavy atom. The van der Waals surface area contributed by atoms with E-state index in [9.17, 15) is 9.59 Å². The minimum Gasteiger partial charge on any atom is -0.483 e. The monoisotopic (exact) mass is 392 g/mol. The molecule has 4 N–H and O–H groups in total. The second kappa shape index (κ2) is 7.83. The molecule has 0 aliphatic carbocycles. The molecule has 2 aromatic rings. The molecule has 6 nitrogen and oxygen atoms in total. The summed E-state index contributed by atoms with van der Waals surface area (Å²) in [5.41, 5.74) is 7.77. The molecule has 0 aliphatic heterocycles. The zero-order chi connectivity index (χ0) is 17.7. The van der Waals surface area contributed by atoms with Crippen molar-refractivity contribution >= 4 is 33.5 Å². The Balaban J connectivity index is 2.19. The van der Waals surface area contributed by atoms with Crippen molar-refractivity contribution in [1.82, 2.24) is 0 Å². The lowest BCUT2D eigenvalue weighted by Gasteiger charge is -2.14. The molecular formula is C17H17BrN2O4. The topological polar surface area (TPSA) is 102 Å². The number of aryl methyl sites for hydroxylation is 1. The van der Waals surface area contributed by atoms with Crippen LogP contribution in [0.5, 0.6) is 5.75 Å². The van der Waals surface area contributed by atoms with Crippen LogP contribution in [-0.2, 0) is 11.3 Å². The number of hydrogen-bond acceptors (Lipinski definition) is 4. The summed E-state index contributed by atoms with van der Waals surface area (Å²) in [7, 11) is 0. The van der Waals surface area contributed by atoms with Crippen LogP contribution >= 0.6 is 15.9 Å². The third-order valence-electron chi connectivity index (χ3n) is 3.35. The van der Waals surface area contributed by atoms with Gasteiger partial charge in [-0.2, -0.15) is 0 Å². The van der Waals surface area contributed by atoms with Gasteiger partial charge in [-0.1, -0.05) is 22.0 Å². The summed E-state index contributed by atoms with van der Waals surface area (Å²) in [4.78, 5) is 22.0. The Morgan fingerprint density at radius 2 is 2.00 bits per heavy atom. The van der Waals surface area contributed by atoms with Crippen molar-refractivity contribution in [2.45, 2.75) is 13.5 Å². The first-order valence-corrected chi connectivity index (χ1v) is 7.93. The molecule has 0 aromatic heterocycles. The maximum absolute atomic E-state index is 11.1. The normalized spacial score (nSPS) is 10.2. The number of carboxylic acid groups (broad SMARTS) is 1. The van der Waals surface area contributed by atoms with Gasteiger partial charge in [-0.3, -0.25) is 4.79 Å². The highest BCUT2D eigenvalue weighted by atomic mass is 79.9. The van der Waals surface area contributed by atoms with Gasteiger partial charge in [-0.05, 0) is 42.8 Å². The molecule has 0 unspecified atom stereocenters. The molecule has 0 spiro atoms.